The number of nitrogens with two attached hydrogens (primary N) is 2. The number of ether oxygens (including phenoxy) is 1. The van der Waals surface area contributed by atoms with Crippen LogP contribution in [0.25, 0.3) is 0 Å². The third-order valence-electron chi connectivity index (χ3n) is 2.95. The first-order valence-corrected chi connectivity index (χ1v) is 8.23. The smallest absolute Gasteiger partial charge is 0.338 e. The molecule has 1 atom stereocenters. The van der Waals surface area contributed by atoms with Gasteiger partial charge in [0.05, 0.1) is 30.6 Å². The number of hydrogen-bond acceptors (Lipinski definition) is 5. The van der Waals surface area contributed by atoms with Crippen LogP contribution in [0.2, 0.25) is 0 Å². The quantitative estimate of drug-likeness (QED) is 0.203. The number of carbonyl (C=O) groups excluding carboxylic acids is 1. The van der Waals surface area contributed by atoms with Gasteiger partial charge in [-0.2, -0.15) is 0 Å². The summed E-state index contributed by atoms with van der Waals surface area (Å²) in [5.74, 6) is -1.01. The SMILES string of the molecule is COc1ccc(S(=O)(=O)N[C@H](CCC[NH+]=C(N)N)C(=O)[O-])cc1. The van der Waals surface area contributed by atoms with Crippen molar-refractivity contribution in [1.29, 1.82) is 0 Å². The lowest BCUT2D eigenvalue weighted by Gasteiger charge is -2.19. The normalized spacial score (nSPS) is 12.4. The summed E-state index contributed by atoms with van der Waals surface area (Å²) < 4.78 is 31.4. The summed E-state index contributed by atoms with van der Waals surface area (Å²) in [6, 6.07) is 4.21. The van der Waals surface area contributed by atoms with Gasteiger partial charge in [0.2, 0.25) is 10.0 Å². The molecule has 10 heteroatoms. The van der Waals surface area contributed by atoms with Gasteiger partial charge in [-0.25, -0.2) is 13.1 Å². The molecule has 0 aliphatic rings. The molecule has 0 bridgehead atoms. The Hall–Kier alpha value is -2.33. The number of benzene rings is 1. The lowest BCUT2D eigenvalue weighted by atomic mass is 10.2. The summed E-state index contributed by atoms with van der Waals surface area (Å²) in [5.41, 5.74) is 10.4. The molecule has 1 rings (SSSR count). The first-order chi connectivity index (χ1) is 10.8. The second-order valence-corrected chi connectivity index (χ2v) is 6.41. The fourth-order valence-electron chi connectivity index (χ4n) is 1.77. The predicted molar refractivity (Wildman–Crippen MR) is 80.6 cm³/mol. The summed E-state index contributed by atoms with van der Waals surface area (Å²) in [4.78, 5) is 13.7. The number of nitrogens with one attached hydrogen (secondary N) is 2. The van der Waals surface area contributed by atoms with Gasteiger partial charge in [0.25, 0.3) is 0 Å². The van der Waals surface area contributed by atoms with Crippen LogP contribution in [-0.4, -0.2) is 40.0 Å². The van der Waals surface area contributed by atoms with Crippen molar-refractivity contribution in [3.05, 3.63) is 24.3 Å². The first kappa shape index (κ1) is 18.7. The van der Waals surface area contributed by atoms with Crippen molar-refractivity contribution in [1.82, 2.24) is 4.72 Å². The van der Waals surface area contributed by atoms with Gasteiger partial charge in [0.1, 0.15) is 5.75 Å². The van der Waals surface area contributed by atoms with Crippen LogP contribution in [0, 0.1) is 0 Å². The van der Waals surface area contributed by atoms with Crippen LogP contribution in [0.3, 0.4) is 0 Å². The Morgan fingerprint density at radius 2 is 1.96 bits per heavy atom. The van der Waals surface area contributed by atoms with Gasteiger partial charge in [-0.15, -0.1) is 0 Å². The van der Waals surface area contributed by atoms with Crippen molar-refractivity contribution in [2.45, 2.75) is 23.8 Å². The highest BCUT2D eigenvalue weighted by Crippen LogP contribution is 2.16. The van der Waals surface area contributed by atoms with Gasteiger partial charge in [0.15, 0.2) is 0 Å². The number of carbonyl (C=O) groups is 1. The Labute approximate surface area is 134 Å². The molecule has 0 saturated carbocycles. The molecule has 9 nitrogen and oxygen atoms in total. The molecule has 0 spiro atoms. The average Bonchev–Trinajstić information content (AvgIpc) is 2.49. The highest BCUT2D eigenvalue weighted by Gasteiger charge is 2.20. The van der Waals surface area contributed by atoms with E-state index in [1.165, 1.54) is 31.4 Å². The Morgan fingerprint density at radius 1 is 1.35 bits per heavy atom. The maximum Gasteiger partial charge on any atom is 0.338 e. The predicted octanol–water partition coefficient (Wildman–Crippen LogP) is -3.77. The molecule has 0 fully saturated rings. The lowest BCUT2D eigenvalue weighted by molar-refractivity contribution is -0.459. The standard InChI is InChI=1S/C13H20N4O5S/c1-22-9-4-6-10(7-5-9)23(20,21)17-11(12(18)19)3-2-8-16-13(14)15/h4-7,11,17H,2-3,8H2,1H3,(H,18,19)(H4,14,15,16)/t11-/m1/s1. The Morgan fingerprint density at radius 3 is 2.43 bits per heavy atom. The third kappa shape index (κ3) is 6.12. The number of carboxylic acids is 1. The van der Waals surface area contributed by atoms with Gasteiger partial charge < -0.3 is 14.6 Å². The van der Waals surface area contributed by atoms with Gasteiger partial charge in [-0.05, 0) is 37.1 Å². The number of carboxylic acid groups (broad SMARTS) is 1. The lowest BCUT2D eigenvalue weighted by Crippen LogP contribution is -2.78. The van der Waals surface area contributed by atoms with Gasteiger partial charge >= 0.3 is 5.96 Å². The largest absolute Gasteiger partial charge is 0.548 e. The number of guanidine groups is 1. The third-order valence-corrected chi connectivity index (χ3v) is 4.44. The average molecular weight is 344 g/mol. The van der Waals surface area contributed by atoms with E-state index in [1.807, 2.05) is 0 Å². The van der Waals surface area contributed by atoms with Crippen LogP contribution in [0.15, 0.2) is 29.2 Å². The topological polar surface area (TPSA) is 162 Å². The molecule has 128 valence electrons. The van der Waals surface area contributed by atoms with E-state index in [9.17, 15) is 18.3 Å². The molecular weight excluding hydrogens is 324 g/mol. The fraction of sp³-hybridized carbons (Fsp3) is 0.385. The molecule has 23 heavy (non-hydrogen) atoms. The van der Waals surface area contributed by atoms with Crippen molar-refractivity contribution in [2.24, 2.45) is 11.5 Å². The molecule has 0 radical (unpaired) electrons. The van der Waals surface area contributed by atoms with Crippen molar-refractivity contribution in [3.8, 4) is 5.75 Å². The summed E-state index contributed by atoms with van der Waals surface area (Å²) in [5, 5.41) is 11.1. The van der Waals surface area contributed by atoms with Crippen molar-refractivity contribution < 1.29 is 28.0 Å². The molecule has 1 aromatic carbocycles. The second kappa shape index (κ2) is 8.34. The van der Waals surface area contributed by atoms with E-state index in [-0.39, 0.29) is 17.3 Å². The Bertz CT molecular complexity index is 653. The molecule has 0 aliphatic heterocycles. The van der Waals surface area contributed by atoms with Gasteiger partial charge in [-0.3, -0.25) is 16.5 Å². The maximum absolute atomic E-state index is 12.2. The molecule has 0 aromatic heterocycles. The van der Waals surface area contributed by atoms with E-state index < -0.39 is 22.0 Å². The first-order valence-electron chi connectivity index (χ1n) is 6.75. The van der Waals surface area contributed by atoms with E-state index in [0.717, 1.165) is 0 Å². The number of aliphatic carboxylic acids is 1. The minimum absolute atomic E-state index is 0.00816. The molecule has 0 unspecified atom stereocenters. The maximum atomic E-state index is 12.2. The fourth-order valence-corrected chi connectivity index (χ4v) is 2.99. The number of hydrogen-bond donors (Lipinski definition) is 4. The molecule has 6 N–H and O–H groups in total. The Kier molecular flexibility index (Phi) is 6.79. The van der Waals surface area contributed by atoms with Crippen LogP contribution in [0.4, 0.5) is 0 Å². The van der Waals surface area contributed by atoms with E-state index in [1.54, 1.807) is 0 Å². The number of sulfonamides is 1. The van der Waals surface area contributed by atoms with Gasteiger partial charge in [0, 0.05) is 0 Å². The zero-order chi connectivity index (χ0) is 17.5. The molecule has 1 aromatic rings. The van der Waals surface area contributed by atoms with Crippen LogP contribution < -0.4 is 31.0 Å². The van der Waals surface area contributed by atoms with Crippen LogP contribution in [0.5, 0.6) is 5.75 Å². The van der Waals surface area contributed by atoms with E-state index in [4.69, 9.17) is 16.2 Å². The van der Waals surface area contributed by atoms with Gasteiger partial charge in [-0.1, -0.05) is 0 Å². The zero-order valence-electron chi connectivity index (χ0n) is 12.6. The minimum atomic E-state index is -3.98. The molecule has 0 aliphatic carbocycles. The number of methoxy groups -OCH3 is 1. The van der Waals surface area contributed by atoms with Crippen LogP contribution >= 0.6 is 0 Å². The molecule has 0 heterocycles. The minimum Gasteiger partial charge on any atom is -0.548 e. The highest BCUT2D eigenvalue weighted by atomic mass is 32.2. The molecule has 0 amide bonds. The zero-order valence-corrected chi connectivity index (χ0v) is 13.4. The van der Waals surface area contributed by atoms with Crippen molar-refractivity contribution in [3.63, 3.8) is 0 Å². The van der Waals surface area contributed by atoms with Crippen molar-refractivity contribution >= 4 is 22.0 Å². The summed E-state index contributed by atoms with van der Waals surface area (Å²) >= 11 is 0. The van der Waals surface area contributed by atoms with Crippen LogP contribution in [-0.2, 0) is 14.8 Å². The monoisotopic (exact) mass is 344 g/mol. The molecule has 0 saturated heterocycles. The second-order valence-electron chi connectivity index (χ2n) is 4.69. The van der Waals surface area contributed by atoms with E-state index in [0.29, 0.717) is 18.7 Å². The highest BCUT2D eigenvalue weighted by molar-refractivity contribution is 7.89. The van der Waals surface area contributed by atoms with E-state index >= 15 is 0 Å². The van der Waals surface area contributed by atoms with Crippen LogP contribution in [0.1, 0.15) is 12.8 Å². The Balaban J connectivity index is 2.77. The summed E-state index contributed by atoms with van der Waals surface area (Å²) in [6.07, 6.45) is 0.361. The molecular formula is C13H20N4O5S. The summed E-state index contributed by atoms with van der Waals surface area (Å²) in [6.45, 7) is 0.316. The number of rotatable bonds is 9. The van der Waals surface area contributed by atoms with E-state index in [2.05, 4.69) is 9.71 Å². The van der Waals surface area contributed by atoms with Crippen molar-refractivity contribution in [2.75, 3.05) is 13.7 Å². The summed E-state index contributed by atoms with van der Waals surface area (Å²) in [7, 11) is -2.53.